The molecule has 0 aliphatic carbocycles. The van der Waals surface area contributed by atoms with E-state index in [-0.39, 0.29) is 6.42 Å². The summed E-state index contributed by atoms with van der Waals surface area (Å²) in [6.07, 6.45) is 0.948. The molecule has 0 amide bonds. The molecule has 1 aromatic heterocycles. The number of rotatable bonds is 6. The average Bonchev–Trinajstić information content (AvgIpc) is 2.66. The number of carbonyl (C=O) groups is 1. The second-order valence-corrected chi connectivity index (χ2v) is 5.07. The van der Waals surface area contributed by atoms with E-state index in [1.807, 2.05) is 11.4 Å². The molecule has 0 unspecified atom stereocenters. The summed E-state index contributed by atoms with van der Waals surface area (Å²) in [6, 6.07) is 4.08. The van der Waals surface area contributed by atoms with Crippen LogP contribution in [0, 0.1) is 0 Å². The van der Waals surface area contributed by atoms with Crippen LogP contribution >= 0.6 is 11.3 Å². The number of hydrogen-bond donors (Lipinski definition) is 2. The molecule has 0 bridgehead atoms. The van der Waals surface area contributed by atoms with Gasteiger partial charge in [-0.15, -0.1) is 11.3 Å². The Hall–Kier alpha value is -0.910. The lowest BCUT2D eigenvalue weighted by atomic mass is 9.93. The Balaban J connectivity index is 1.77. The van der Waals surface area contributed by atoms with Crippen LogP contribution in [0.15, 0.2) is 17.5 Å². The predicted octanol–water partition coefficient (Wildman–Crippen LogP) is 1.12. The fourth-order valence-electron chi connectivity index (χ4n) is 1.78. The number of hydrogen-bond acceptors (Lipinski definition) is 4. The topological polar surface area (TPSA) is 58.6 Å². The summed E-state index contributed by atoms with van der Waals surface area (Å²) in [5.41, 5.74) is -0.469. The lowest BCUT2D eigenvalue weighted by Crippen LogP contribution is -2.62. The largest absolute Gasteiger partial charge is 0.481 e. The van der Waals surface area contributed by atoms with Crippen molar-refractivity contribution in [3.63, 3.8) is 0 Å². The number of nitrogens with one attached hydrogen (secondary N) is 1. The molecular formula is C11H15NO3S. The number of ether oxygens (including phenoxy) is 1. The molecule has 1 saturated heterocycles. The normalized spacial score (nSPS) is 18.0. The minimum Gasteiger partial charge on any atom is -0.481 e. The fourth-order valence-corrected chi connectivity index (χ4v) is 2.47. The summed E-state index contributed by atoms with van der Waals surface area (Å²) in [4.78, 5) is 12.0. The molecule has 0 aromatic carbocycles. The van der Waals surface area contributed by atoms with Gasteiger partial charge in [0.25, 0.3) is 0 Å². The third-order valence-electron chi connectivity index (χ3n) is 2.70. The molecular weight excluding hydrogens is 226 g/mol. The van der Waals surface area contributed by atoms with Gasteiger partial charge in [0, 0.05) is 24.4 Å². The van der Waals surface area contributed by atoms with Crippen molar-refractivity contribution in [1.29, 1.82) is 0 Å². The molecule has 88 valence electrons. The van der Waals surface area contributed by atoms with Crippen molar-refractivity contribution in [3.05, 3.63) is 22.4 Å². The monoisotopic (exact) mass is 241 g/mol. The van der Waals surface area contributed by atoms with Gasteiger partial charge in [-0.25, -0.2) is 0 Å². The first kappa shape index (κ1) is 11.6. The Bertz CT molecular complexity index is 346. The molecule has 0 atom stereocenters. The van der Waals surface area contributed by atoms with Gasteiger partial charge < -0.3 is 15.2 Å². The molecule has 2 N–H and O–H groups in total. The van der Waals surface area contributed by atoms with E-state index in [1.54, 1.807) is 11.3 Å². The first-order valence-corrected chi connectivity index (χ1v) is 6.17. The summed E-state index contributed by atoms with van der Waals surface area (Å²) in [5, 5.41) is 13.9. The van der Waals surface area contributed by atoms with Gasteiger partial charge in [0.1, 0.15) is 5.60 Å². The van der Waals surface area contributed by atoms with Gasteiger partial charge in [-0.3, -0.25) is 4.79 Å². The summed E-state index contributed by atoms with van der Waals surface area (Å²) in [7, 11) is 0. The third kappa shape index (κ3) is 2.81. The molecule has 0 saturated carbocycles. The van der Waals surface area contributed by atoms with Gasteiger partial charge in [-0.05, 0) is 11.4 Å². The lowest BCUT2D eigenvalue weighted by Gasteiger charge is -2.41. The van der Waals surface area contributed by atoms with E-state index >= 15 is 0 Å². The number of carboxylic acid groups (broad SMARTS) is 1. The first-order valence-electron chi connectivity index (χ1n) is 5.29. The molecule has 0 radical (unpaired) electrons. The lowest BCUT2D eigenvalue weighted by molar-refractivity contribution is -0.150. The van der Waals surface area contributed by atoms with Crippen LogP contribution in [-0.4, -0.2) is 36.4 Å². The summed E-state index contributed by atoms with van der Waals surface area (Å²) in [6.45, 7) is 1.88. The van der Waals surface area contributed by atoms with E-state index in [4.69, 9.17) is 9.84 Å². The van der Waals surface area contributed by atoms with Crippen molar-refractivity contribution in [2.45, 2.75) is 18.4 Å². The highest BCUT2D eigenvalue weighted by Crippen LogP contribution is 2.22. The van der Waals surface area contributed by atoms with Crippen LogP contribution < -0.4 is 5.32 Å². The molecule has 4 nitrogen and oxygen atoms in total. The zero-order chi connectivity index (χ0) is 11.4. The zero-order valence-electron chi connectivity index (χ0n) is 8.94. The van der Waals surface area contributed by atoms with Gasteiger partial charge in [-0.2, -0.15) is 0 Å². The van der Waals surface area contributed by atoms with Crippen molar-refractivity contribution in [2.75, 3.05) is 19.7 Å². The standard InChI is InChI=1S/C11H15NO3S/c13-10(14)6-11(7-12-8-11)15-4-3-9-2-1-5-16-9/h1-2,5,12H,3-4,6-8H2,(H,13,14). The highest BCUT2D eigenvalue weighted by Gasteiger charge is 2.40. The van der Waals surface area contributed by atoms with Crippen LogP contribution in [0.25, 0.3) is 0 Å². The average molecular weight is 241 g/mol. The summed E-state index contributed by atoms with van der Waals surface area (Å²) in [5.74, 6) is -0.794. The van der Waals surface area contributed by atoms with Crippen molar-refractivity contribution < 1.29 is 14.6 Å². The number of carboxylic acids is 1. The van der Waals surface area contributed by atoms with Crippen molar-refractivity contribution in [1.82, 2.24) is 5.32 Å². The van der Waals surface area contributed by atoms with E-state index in [0.717, 1.165) is 6.42 Å². The van der Waals surface area contributed by atoms with E-state index in [9.17, 15) is 4.79 Å². The predicted molar refractivity (Wildman–Crippen MR) is 61.8 cm³/mol. The quantitative estimate of drug-likeness (QED) is 0.783. The number of thiophene rings is 1. The third-order valence-corrected chi connectivity index (χ3v) is 3.64. The molecule has 2 rings (SSSR count). The van der Waals surface area contributed by atoms with Crippen LogP contribution in [0.4, 0.5) is 0 Å². The van der Waals surface area contributed by atoms with Gasteiger partial charge in [0.15, 0.2) is 0 Å². The van der Waals surface area contributed by atoms with Gasteiger partial charge in [0.05, 0.1) is 13.0 Å². The molecule has 0 spiro atoms. The van der Waals surface area contributed by atoms with E-state index in [2.05, 4.69) is 11.4 Å². The number of aliphatic carboxylic acids is 1. The van der Waals surface area contributed by atoms with E-state index in [1.165, 1.54) is 4.88 Å². The van der Waals surface area contributed by atoms with Crippen LogP contribution in [-0.2, 0) is 16.0 Å². The van der Waals surface area contributed by atoms with Crippen LogP contribution in [0.5, 0.6) is 0 Å². The fraction of sp³-hybridized carbons (Fsp3) is 0.545. The molecule has 1 aliphatic heterocycles. The summed E-state index contributed by atoms with van der Waals surface area (Å²) >= 11 is 1.70. The highest BCUT2D eigenvalue weighted by atomic mass is 32.1. The van der Waals surface area contributed by atoms with Crippen molar-refractivity contribution in [2.24, 2.45) is 0 Å². The molecule has 2 heterocycles. The van der Waals surface area contributed by atoms with Crippen molar-refractivity contribution in [3.8, 4) is 0 Å². The smallest absolute Gasteiger partial charge is 0.306 e. The Labute approximate surface area is 98.2 Å². The molecule has 5 heteroatoms. The van der Waals surface area contributed by atoms with E-state index in [0.29, 0.717) is 19.7 Å². The minimum atomic E-state index is -0.794. The molecule has 1 aliphatic rings. The molecule has 16 heavy (non-hydrogen) atoms. The zero-order valence-corrected chi connectivity index (χ0v) is 9.76. The van der Waals surface area contributed by atoms with Gasteiger partial charge in [-0.1, -0.05) is 6.07 Å². The molecule has 1 fully saturated rings. The Morgan fingerprint density at radius 1 is 1.62 bits per heavy atom. The van der Waals surface area contributed by atoms with Gasteiger partial charge >= 0.3 is 5.97 Å². The van der Waals surface area contributed by atoms with Crippen LogP contribution in [0.1, 0.15) is 11.3 Å². The maximum absolute atomic E-state index is 10.7. The minimum absolute atomic E-state index is 0.0877. The Morgan fingerprint density at radius 2 is 2.44 bits per heavy atom. The van der Waals surface area contributed by atoms with Crippen LogP contribution in [0.2, 0.25) is 0 Å². The Morgan fingerprint density at radius 3 is 2.94 bits per heavy atom. The second-order valence-electron chi connectivity index (χ2n) is 4.03. The molecule has 1 aromatic rings. The first-order chi connectivity index (χ1) is 7.70. The van der Waals surface area contributed by atoms with Crippen molar-refractivity contribution >= 4 is 17.3 Å². The second kappa shape index (κ2) is 4.95. The highest BCUT2D eigenvalue weighted by molar-refractivity contribution is 7.09. The van der Waals surface area contributed by atoms with E-state index < -0.39 is 11.6 Å². The SMILES string of the molecule is O=C(O)CC1(OCCc2cccs2)CNC1. The maximum Gasteiger partial charge on any atom is 0.306 e. The van der Waals surface area contributed by atoms with Crippen LogP contribution in [0.3, 0.4) is 0 Å². The Kier molecular flexibility index (Phi) is 3.58. The van der Waals surface area contributed by atoms with Gasteiger partial charge in [0.2, 0.25) is 0 Å². The maximum atomic E-state index is 10.7. The summed E-state index contributed by atoms with van der Waals surface area (Å²) < 4.78 is 5.71.